The van der Waals surface area contributed by atoms with Gasteiger partial charge in [0.2, 0.25) is 0 Å². The van der Waals surface area contributed by atoms with Gasteiger partial charge in [0.25, 0.3) is 0 Å². The molecule has 0 amide bonds. The molecule has 1 aliphatic heterocycles. The van der Waals surface area contributed by atoms with Gasteiger partial charge in [0.1, 0.15) is 6.04 Å². The number of ether oxygens (including phenoxy) is 1. The number of carbonyl (C=O) groups is 1. The number of carboxylic acids is 1. The van der Waals surface area contributed by atoms with Crippen LogP contribution in [0.2, 0.25) is 0 Å². The number of aromatic nitrogens is 4. The van der Waals surface area contributed by atoms with Crippen LogP contribution in [0, 0.1) is 0 Å². The van der Waals surface area contributed by atoms with Crippen molar-refractivity contribution in [2.75, 3.05) is 6.61 Å². The van der Waals surface area contributed by atoms with E-state index in [0.29, 0.717) is 12.2 Å². The number of nitrogens with zero attached hydrogens (tertiary/aromatic N) is 4. The van der Waals surface area contributed by atoms with Gasteiger partial charge in [0.15, 0.2) is 5.82 Å². The van der Waals surface area contributed by atoms with Crippen LogP contribution in [0.15, 0.2) is 0 Å². The van der Waals surface area contributed by atoms with Crippen molar-refractivity contribution in [1.82, 2.24) is 20.2 Å². The van der Waals surface area contributed by atoms with Crippen LogP contribution in [0.25, 0.3) is 0 Å². The minimum atomic E-state index is -0.935. The summed E-state index contributed by atoms with van der Waals surface area (Å²) < 4.78 is 6.86. The quantitative estimate of drug-likeness (QED) is 0.802. The van der Waals surface area contributed by atoms with Gasteiger partial charge < -0.3 is 9.84 Å². The number of hydrogen-bond acceptors (Lipinski definition) is 5. The topological polar surface area (TPSA) is 90.1 Å². The zero-order valence-corrected chi connectivity index (χ0v) is 9.74. The minimum absolute atomic E-state index is 0.264. The first-order valence-corrected chi connectivity index (χ1v) is 5.79. The minimum Gasteiger partial charge on any atom is -0.480 e. The molecule has 1 fully saturated rings. The van der Waals surface area contributed by atoms with E-state index in [1.807, 2.05) is 0 Å². The molecule has 0 radical (unpaired) electrons. The molecule has 1 N–H and O–H groups in total. The molecule has 0 bridgehead atoms. The summed E-state index contributed by atoms with van der Waals surface area (Å²) in [4.78, 5) is 10.9. The molecule has 1 saturated heterocycles. The third-order valence-electron chi connectivity index (χ3n) is 3.00. The highest BCUT2D eigenvalue weighted by molar-refractivity contribution is 5.71. The standard InChI is InChI=1S/C10H16N4O3/c1-7(10(15)16)14-9(11-12-13-14)5-4-8-3-2-6-17-8/h7-8H,2-6H2,1H3,(H,15,16). The van der Waals surface area contributed by atoms with Gasteiger partial charge >= 0.3 is 5.97 Å². The number of hydrogen-bond donors (Lipinski definition) is 1. The molecule has 0 saturated carbocycles. The maximum Gasteiger partial charge on any atom is 0.328 e. The summed E-state index contributed by atoms with van der Waals surface area (Å²) in [5, 5.41) is 20.0. The van der Waals surface area contributed by atoms with Crippen molar-refractivity contribution in [1.29, 1.82) is 0 Å². The van der Waals surface area contributed by atoms with E-state index in [0.717, 1.165) is 25.9 Å². The Morgan fingerprint density at radius 2 is 2.53 bits per heavy atom. The lowest BCUT2D eigenvalue weighted by Crippen LogP contribution is -2.20. The van der Waals surface area contributed by atoms with Crippen molar-refractivity contribution < 1.29 is 14.6 Å². The fourth-order valence-corrected chi connectivity index (χ4v) is 1.94. The van der Waals surface area contributed by atoms with Crippen molar-refractivity contribution in [3.8, 4) is 0 Å². The normalized spacial score (nSPS) is 21.6. The lowest BCUT2D eigenvalue weighted by Gasteiger charge is -2.10. The molecular weight excluding hydrogens is 224 g/mol. The third-order valence-corrected chi connectivity index (χ3v) is 3.00. The van der Waals surface area contributed by atoms with Crippen LogP contribution in [0.3, 0.4) is 0 Å². The van der Waals surface area contributed by atoms with Crippen molar-refractivity contribution >= 4 is 5.97 Å². The highest BCUT2D eigenvalue weighted by Crippen LogP contribution is 2.17. The second kappa shape index (κ2) is 5.22. The molecule has 1 aromatic heterocycles. The molecule has 94 valence electrons. The molecular formula is C10H16N4O3. The van der Waals surface area contributed by atoms with Crippen LogP contribution < -0.4 is 0 Å². The summed E-state index contributed by atoms with van der Waals surface area (Å²) in [7, 11) is 0. The summed E-state index contributed by atoms with van der Waals surface area (Å²) in [6.07, 6.45) is 3.92. The second-order valence-corrected chi connectivity index (χ2v) is 4.23. The molecule has 1 aliphatic rings. The highest BCUT2D eigenvalue weighted by atomic mass is 16.5. The average molecular weight is 240 g/mol. The molecule has 7 nitrogen and oxygen atoms in total. The van der Waals surface area contributed by atoms with Gasteiger partial charge in [0, 0.05) is 13.0 Å². The van der Waals surface area contributed by atoms with Crippen molar-refractivity contribution in [3.63, 3.8) is 0 Å². The molecule has 2 heterocycles. The number of aryl methyl sites for hydroxylation is 1. The predicted molar refractivity (Wildman–Crippen MR) is 57.5 cm³/mol. The zero-order valence-electron chi connectivity index (χ0n) is 9.74. The Balaban J connectivity index is 1.96. The van der Waals surface area contributed by atoms with Crippen LogP contribution in [-0.2, 0) is 16.0 Å². The molecule has 2 atom stereocenters. The fraction of sp³-hybridized carbons (Fsp3) is 0.800. The molecule has 1 aromatic rings. The lowest BCUT2D eigenvalue weighted by atomic mass is 10.1. The van der Waals surface area contributed by atoms with Gasteiger partial charge in [-0.25, -0.2) is 9.48 Å². The van der Waals surface area contributed by atoms with E-state index in [1.54, 1.807) is 6.92 Å². The SMILES string of the molecule is CC(C(=O)O)n1nnnc1CCC1CCCO1. The monoisotopic (exact) mass is 240 g/mol. The summed E-state index contributed by atoms with van der Waals surface area (Å²) in [5.74, 6) is -0.328. The second-order valence-electron chi connectivity index (χ2n) is 4.23. The Morgan fingerprint density at radius 1 is 1.71 bits per heavy atom. The van der Waals surface area contributed by atoms with Crippen LogP contribution >= 0.6 is 0 Å². The smallest absolute Gasteiger partial charge is 0.328 e. The average Bonchev–Trinajstić information content (AvgIpc) is 2.96. The first kappa shape index (κ1) is 12.0. The molecule has 0 aliphatic carbocycles. The van der Waals surface area contributed by atoms with Crippen LogP contribution in [0.5, 0.6) is 0 Å². The molecule has 2 rings (SSSR count). The molecule has 7 heteroatoms. The predicted octanol–water partition coefficient (Wildman–Crippen LogP) is 0.430. The Kier molecular flexibility index (Phi) is 3.68. The van der Waals surface area contributed by atoms with E-state index in [4.69, 9.17) is 9.84 Å². The van der Waals surface area contributed by atoms with Crippen LogP contribution in [-0.4, -0.2) is 44.0 Å². The lowest BCUT2D eigenvalue weighted by molar-refractivity contribution is -0.140. The van der Waals surface area contributed by atoms with E-state index in [9.17, 15) is 4.79 Å². The van der Waals surface area contributed by atoms with E-state index in [-0.39, 0.29) is 6.10 Å². The Morgan fingerprint density at radius 3 is 3.18 bits per heavy atom. The Bertz CT molecular complexity index is 387. The molecule has 2 unspecified atom stereocenters. The number of rotatable bonds is 5. The fourth-order valence-electron chi connectivity index (χ4n) is 1.94. The Labute approximate surface area is 98.8 Å². The first-order valence-electron chi connectivity index (χ1n) is 5.79. The molecule has 0 aromatic carbocycles. The molecule has 0 spiro atoms. The zero-order chi connectivity index (χ0) is 12.3. The summed E-state index contributed by atoms with van der Waals surface area (Å²) in [6, 6.07) is -0.732. The van der Waals surface area contributed by atoms with Gasteiger partial charge in [-0.2, -0.15) is 0 Å². The van der Waals surface area contributed by atoms with Gasteiger partial charge in [0.05, 0.1) is 6.10 Å². The first-order chi connectivity index (χ1) is 8.18. The van der Waals surface area contributed by atoms with Gasteiger partial charge in [-0.05, 0) is 36.6 Å². The Hall–Kier alpha value is -1.50. The maximum atomic E-state index is 10.9. The summed E-state index contributed by atoms with van der Waals surface area (Å²) in [5.41, 5.74) is 0. The summed E-state index contributed by atoms with van der Waals surface area (Å²) >= 11 is 0. The largest absolute Gasteiger partial charge is 0.480 e. The molecule has 17 heavy (non-hydrogen) atoms. The number of aliphatic carboxylic acids is 1. The van der Waals surface area contributed by atoms with Gasteiger partial charge in [-0.1, -0.05) is 0 Å². The van der Waals surface area contributed by atoms with Crippen molar-refractivity contribution in [3.05, 3.63) is 5.82 Å². The van der Waals surface area contributed by atoms with Crippen molar-refractivity contribution in [2.45, 2.75) is 44.8 Å². The van der Waals surface area contributed by atoms with Gasteiger partial charge in [-0.15, -0.1) is 5.10 Å². The van der Waals surface area contributed by atoms with E-state index >= 15 is 0 Å². The van der Waals surface area contributed by atoms with Gasteiger partial charge in [-0.3, -0.25) is 0 Å². The van der Waals surface area contributed by atoms with Crippen LogP contribution in [0.4, 0.5) is 0 Å². The third kappa shape index (κ3) is 2.79. The van der Waals surface area contributed by atoms with E-state index in [2.05, 4.69) is 15.5 Å². The van der Waals surface area contributed by atoms with Crippen LogP contribution in [0.1, 0.15) is 38.1 Å². The van der Waals surface area contributed by atoms with E-state index < -0.39 is 12.0 Å². The number of carboxylic acid groups (broad SMARTS) is 1. The number of tetrazole rings is 1. The summed E-state index contributed by atoms with van der Waals surface area (Å²) in [6.45, 7) is 2.38. The van der Waals surface area contributed by atoms with E-state index in [1.165, 1.54) is 4.68 Å². The van der Waals surface area contributed by atoms with Crippen molar-refractivity contribution in [2.24, 2.45) is 0 Å². The maximum absolute atomic E-state index is 10.9. The highest BCUT2D eigenvalue weighted by Gasteiger charge is 2.21.